The predicted molar refractivity (Wildman–Crippen MR) is 114 cm³/mol. The first kappa shape index (κ1) is 25.2. The fourth-order valence-electron chi connectivity index (χ4n) is 2.32. The van der Waals surface area contributed by atoms with Crippen molar-refractivity contribution < 1.29 is 4.79 Å². The van der Waals surface area contributed by atoms with Gasteiger partial charge in [0.2, 0.25) is 0 Å². The Labute approximate surface area is 155 Å². The summed E-state index contributed by atoms with van der Waals surface area (Å²) in [6.07, 6.45) is 5.40. The van der Waals surface area contributed by atoms with Crippen LogP contribution < -0.4 is 0 Å². The molecule has 0 aliphatic heterocycles. The number of carbonyl (C=O) groups is 1. The van der Waals surface area contributed by atoms with Gasteiger partial charge in [-0.2, -0.15) is 0 Å². The lowest BCUT2D eigenvalue weighted by Crippen LogP contribution is -1.97. The van der Waals surface area contributed by atoms with Crippen molar-refractivity contribution in [3.63, 3.8) is 0 Å². The number of fused-ring (bicyclic) bond motifs is 1. The Morgan fingerprint density at radius 3 is 2.16 bits per heavy atom. The summed E-state index contributed by atoms with van der Waals surface area (Å²) in [5, 5.41) is 0. The smallest absolute Gasteiger partial charge is 0.124 e. The predicted octanol–water partition coefficient (Wildman–Crippen LogP) is 7.30. The number of hydrogen-bond donors (Lipinski definition) is 0. The number of aldehydes is 1. The summed E-state index contributed by atoms with van der Waals surface area (Å²) in [7, 11) is 0. The minimum atomic E-state index is 0.248. The van der Waals surface area contributed by atoms with Gasteiger partial charge in [0.15, 0.2) is 0 Å². The van der Waals surface area contributed by atoms with Gasteiger partial charge in [0.25, 0.3) is 0 Å². The van der Waals surface area contributed by atoms with Crippen LogP contribution in [0.1, 0.15) is 78.9 Å². The molecule has 2 heteroatoms. The molecule has 0 spiro atoms. The average molecular weight is 344 g/mol. The minimum absolute atomic E-state index is 0.248. The van der Waals surface area contributed by atoms with Crippen LogP contribution in [0.5, 0.6) is 0 Å². The molecular weight excluding hydrogens is 306 g/mol. The highest BCUT2D eigenvalue weighted by Gasteiger charge is 2.18. The fourth-order valence-corrected chi connectivity index (χ4v) is 2.32. The molecule has 2 nitrogen and oxygen atoms in total. The topological polar surface area (TPSA) is 21.5 Å². The van der Waals surface area contributed by atoms with Crippen LogP contribution >= 0.6 is 0 Å². The molecule has 0 N–H and O–H groups in total. The van der Waals surface area contributed by atoms with E-state index in [9.17, 15) is 4.79 Å². The third-order valence-electron chi connectivity index (χ3n) is 3.60. The van der Waals surface area contributed by atoms with Crippen molar-refractivity contribution in [3.8, 4) is 0 Å². The number of carbonyl (C=O) groups excluding carboxylic acids is 1. The Kier molecular flexibility index (Phi) is 14.4. The van der Waals surface area contributed by atoms with Crippen LogP contribution in [0, 0.1) is 0 Å². The summed E-state index contributed by atoms with van der Waals surface area (Å²) >= 11 is 0. The first-order valence-corrected chi connectivity index (χ1v) is 9.43. The Bertz CT molecular complexity index is 649. The number of hydrogen-bond acceptors (Lipinski definition) is 1. The van der Waals surface area contributed by atoms with Crippen molar-refractivity contribution in [2.75, 3.05) is 0 Å². The standard InChI is InChI=1S/C17H19NO.3C2H6/c1-12(2)14(4)15-11-18-9-6-5-7-16(18)17(15)13(3)8-10-19;3*1-2/h5-7,9-11,14H,1,3,8H2,2,4H3;3*1-2H3. The van der Waals surface area contributed by atoms with E-state index in [2.05, 4.69) is 36.7 Å². The van der Waals surface area contributed by atoms with Gasteiger partial charge in [-0.05, 0) is 30.2 Å². The number of nitrogens with zero attached hydrogens (tertiary/aromatic N) is 1. The van der Waals surface area contributed by atoms with E-state index in [1.165, 1.54) is 5.56 Å². The monoisotopic (exact) mass is 343 g/mol. The Morgan fingerprint density at radius 1 is 1.12 bits per heavy atom. The van der Waals surface area contributed by atoms with E-state index in [1.807, 2.05) is 66.8 Å². The zero-order valence-electron chi connectivity index (χ0n) is 17.5. The average Bonchev–Trinajstić information content (AvgIpc) is 3.05. The van der Waals surface area contributed by atoms with Gasteiger partial charge in [0.05, 0.1) is 5.52 Å². The van der Waals surface area contributed by atoms with E-state index in [0.29, 0.717) is 6.42 Å². The van der Waals surface area contributed by atoms with Gasteiger partial charge in [-0.25, -0.2) is 0 Å². The molecule has 2 heterocycles. The molecule has 1 atom stereocenters. The van der Waals surface area contributed by atoms with Crippen LogP contribution in [0.3, 0.4) is 0 Å². The third kappa shape index (κ3) is 6.74. The van der Waals surface area contributed by atoms with Gasteiger partial charge in [-0.15, -0.1) is 0 Å². The Hall–Kier alpha value is -2.09. The maximum atomic E-state index is 10.8. The summed E-state index contributed by atoms with van der Waals surface area (Å²) < 4.78 is 2.08. The van der Waals surface area contributed by atoms with Crippen LogP contribution in [0.15, 0.2) is 49.3 Å². The molecule has 2 rings (SSSR count). The number of allylic oxidation sites excluding steroid dienone is 2. The highest BCUT2D eigenvalue weighted by atomic mass is 16.1. The lowest BCUT2D eigenvalue weighted by Gasteiger charge is -2.13. The van der Waals surface area contributed by atoms with Crippen molar-refractivity contribution >= 4 is 17.4 Å². The van der Waals surface area contributed by atoms with Crippen LogP contribution in [0.25, 0.3) is 11.1 Å². The Balaban J connectivity index is 0. The van der Waals surface area contributed by atoms with E-state index in [0.717, 1.165) is 28.5 Å². The van der Waals surface area contributed by atoms with Gasteiger partial charge in [-0.3, -0.25) is 0 Å². The second-order valence-corrected chi connectivity index (χ2v) is 4.99. The molecule has 0 aliphatic rings. The largest absolute Gasteiger partial charge is 0.323 e. The van der Waals surface area contributed by atoms with Crippen molar-refractivity contribution in [2.45, 2.75) is 67.7 Å². The molecular formula is C23H37NO. The van der Waals surface area contributed by atoms with Gasteiger partial charge in [0.1, 0.15) is 6.29 Å². The summed E-state index contributed by atoms with van der Waals surface area (Å²) in [5.74, 6) is 0.248. The summed E-state index contributed by atoms with van der Waals surface area (Å²) in [5.41, 5.74) is 5.34. The molecule has 0 fully saturated rings. The summed E-state index contributed by atoms with van der Waals surface area (Å²) in [4.78, 5) is 10.8. The zero-order chi connectivity index (χ0) is 20.0. The highest BCUT2D eigenvalue weighted by molar-refractivity contribution is 5.86. The fraction of sp³-hybridized carbons (Fsp3) is 0.435. The number of aromatic nitrogens is 1. The molecule has 1 unspecified atom stereocenters. The van der Waals surface area contributed by atoms with Crippen molar-refractivity contribution in [1.82, 2.24) is 4.40 Å². The lowest BCUT2D eigenvalue weighted by molar-refractivity contribution is -0.107. The second-order valence-electron chi connectivity index (χ2n) is 4.99. The van der Waals surface area contributed by atoms with Crippen LogP contribution in [-0.4, -0.2) is 10.7 Å². The molecule has 2 aromatic heterocycles. The van der Waals surface area contributed by atoms with E-state index >= 15 is 0 Å². The van der Waals surface area contributed by atoms with E-state index in [1.54, 1.807) is 0 Å². The number of rotatable bonds is 5. The maximum Gasteiger partial charge on any atom is 0.124 e. The van der Waals surface area contributed by atoms with Gasteiger partial charge < -0.3 is 9.20 Å². The molecule has 0 saturated heterocycles. The van der Waals surface area contributed by atoms with Crippen molar-refractivity contribution in [3.05, 3.63) is 60.5 Å². The number of pyridine rings is 1. The minimum Gasteiger partial charge on any atom is -0.323 e. The van der Waals surface area contributed by atoms with Crippen molar-refractivity contribution in [1.29, 1.82) is 0 Å². The zero-order valence-corrected chi connectivity index (χ0v) is 17.5. The Morgan fingerprint density at radius 2 is 1.68 bits per heavy atom. The van der Waals surface area contributed by atoms with Gasteiger partial charge in [-0.1, -0.05) is 73.3 Å². The quantitative estimate of drug-likeness (QED) is 0.412. The lowest BCUT2D eigenvalue weighted by atomic mass is 9.90. The molecule has 25 heavy (non-hydrogen) atoms. The van der Waals surface area contributed by atoms with E-state index in [4.69, 9.17) is 0 Å². The normalized spacial score (nSPS) is 10.1. The maximum absolute atomic E-state index is 10.8. The van der Waals surface area contributed by atoms with Crippen LogP contribution in [0.4, 0.5) is 0 Å². The van der Waals surface area contributed by atoms with E-state index in [-0.39, 0.29) is 5.92 Å². The SMILES string of the molecule is C=C(CC=O)c1c(C(C)C(=C)C)cn2ccccc12.CC.CC.CC. The molecule has 0 aromatic carbocycles. The molecule has 140 valence electrons. The molecule has 2 aromatic rings. The third-order valence-corrected chi connectivity index (χ3v) is 3.60. The second kappa shape index (κ2) is 14.3. The van der Waals surface area contributed by atoms with E-state index < -0.39 is 0 Å². The highest BCUT2D eigenvalue weighted by Crippen LogP contribution is 2.34. The van der Waals surface area contributed by atoms with Gasteiger partial charge in [0, 0.05) is 30.3 Å². The summed E-state index contributed by atoms with van der Waals surface area (Å²) in [6.45, 7) is 24.3. The van der Waals surface area contributed by atoms with Crippen LogP contribution in [-0.2, 0) is 4.79 Å². The van der Waals surface area contributed by atoms with Crippen molar-refractivity contribution in [2.24, 2.45) is 0 Å². The molecule has 0 bridgehead atoms. The molecule has 0 aliphatic carbocycles. The molecule has 0 amide bonds. The molecule has 0 radical (unpaired) electrons. The first-order valence-electron chi connectivity index (χ1n) is 9.43. The molecule has 0 saturated carbocycles. The van der Waals surface area contributed by atoms with Gasteiger partial charge >= 0.3 is 0 Å². The summed E-state index contributed by atoms with van der Waals surface area (Å²) in [6, 6.07) is 6.05. The van der Waals surface area contributed by atoms with Crippen LogP contribution in [0.2, 0.25) is 0 Å². The first-order chi connectivity index (χ1) is 12.1.